The molecule has 1 N–H and O–H groups in total. The van der Waals surface area contributed by atoms with Crippen molar-refractivity contribution in [3.63, 3.8) is 0 Å². The number of carbonyl (C=O) groups excluding carboxylic acids is 1. The van der Waals surface area contributed by atoms with Gasteiger partial charge in [0.05, 0.1) is 5.54 Å². The Morgan fingerprint density at radius 3 is 2.79 bits per heavy atom. The molecule has 29 heavy (non-hydrogen) atoms. The van der Waals surface area contributed by atoms with Gasteiger partial charge in [0.2, 0.25) is 0 Å². The smallest absolute Gasteiger partial charge is 0.135 e. The fourth-order valence-corrected chi connectivity index (χ4v) is 4.85. The van der Waals surface area contributed by atoms with Gasteiger partial charge in [0.15, 0.2) is 0 Å². The van der Waals surface area contributed by atoms with Gasteiger partial charge in [0.25, 0.3) is 0 Å². The molecule has 1 aliphatic heterocycles. The van der Waals surface area contributed by atoms with E-state index in [0.29, 0.717) is 6.42 Å². The largest absolute Gasteiger partial charge is 0.459 e. The number of furan rings is 1. The van der Waals surface area contributed by atoms with Crippen LogP contribution < -0.4 is 5.32 Å². The van der Waals surface area contributed by atoms with Crippen LogP contribution >= 0.6 is 11.8 Å². The second kappa shape index (κ2) is 7.96. The Morgan fingerprint density at radius 2 is 2.03 bits per heavy atom. The van der Waals surface area contributed by atoms with E-state index in [1.54, 1.807) is 6.07 Å². The van der Waals surface area contributed by atoms with Crippen molar-refractivity contribution in [1.29, 1.82) is 0 Å². The summed E-state index contributed by atoms with van der Waals surface area (Å²) in [4.78, 5) is 14.0. The molecule has 1 atom stereocenters. The molecule has 1 aromatic heterocycles. The molecule has 5 heteroatoms. The van der Waals surface area contributed by atoms with Gasteiger partial charge in [0, 0.05) is 39.6 Å². The highest BCUT2D eigenvalue weighted by molar-refractivity contribution is 7.99. The lowest BCUT2D eigenvalue weighted by molar-refractivity contribution is -0.122. The molecule has 0 fully saturated rings. The topological polar surface area (TPSA) is 42.2 Å². The van der Waals surface area contributed by atoms with Gasteiger partial charge in [-0.3, -0.25) is 4.79 Å². The molecule has 0 bridgehead atoms. The normalized spacial score (nSPS) is 18.9. The van der Waals surface area contributed by atoms with Crippen LogP contribution in [0.4, 0.5) is 4.39 Å². The molecular formula is C24H26FNO2S. The van der Waals surface area contributed by atoms with Gasteiger partial charge in [-0.25, -0.2) is 4.39 Å². The van der Waals surface area contributed by atoms with Crippen LogP contribution in [0.5, 0.6) is 0 Å². The fourth-order valence-electron chi connectivity index (χ4n) is 3.96. The first kappa shape index (κ1) is 20.2. The van der Waals surface area contributed by atoms with Crippen molar-refractivity contribution in [3.05, 3.63) is 59.6 Å². The van der Waals surface area contributed by atoms with Gasteiger partial charge in [-0.1, -0.05) is 31.7 Å². The number of Topliss-reactive ketones (excluding diaryl/α,β-unsaturated/α-hetero) is 1. The number of hydrogen-bond donors (Lipinski definition) is 1. The second-order valence-corrected chi connectivity index (χ2v) is 9.40. The quantitative estimate of drug-likeness (QED) is 0.533. The van der Waals surface area contributed by atoms with Crippen molar-refractivity contribution in [2.75, 3.05) is 6.54 Å². The summed E-state index contributed by atoms with van der Waals surface area (Å²) in [6, 6.07) is 12.8. The van der Waals surface area contributed by atoms with Crippen molar-refractivity contribution >= 4 is 28.5 Å². The Hall–Kier alpha value is -2.11. The molecule has 1 unspecified atom stereocenters. The van der Waals surface area contributed by atoms with Gasteiger partial charge in [-0.15, -0.1) is 0 Å². The lowest BCUT2D eigenvalue weighted by Gasteiger charge is -2.33. The summed E-state index contributed by atoms with van der Waals surface area (Å²) in [7, 11) is 0. The summed E-state index contributed by atoms with van der Waals surface area (Å²) in [5, 5.41) is 4.71. The SMILES string of the molecule is CC(C)C(=O)CCC1(C)NCCc2c1oc1cc(Sc3cccc(F)c3)ccc21. The molecule has 3 aromatic rings. The third-order valence-electron chi connectivity index (χ3n) is 5.70. The highest BCUT2D eigenvalue weighted by atomic mass is 32.2. The molecule has 0 spiro atoms. The molecule has 2 heterocycles. The summed E-state index contributed by atoms with van der Waals surface area (Å²) in [5.41, 5.74) is 1.74. The van der Waals surface area contributed by atoms with Gasteiger partial charge in [-0.05, 0) is 56.2 Å². The van der Waals surface area contributed by atoms with Gasteiger partial charge >= 0.3 is 0 Å². The van der Waals surface area contributed by atoms with Crippen molar-refractivity contribution in [1.82, 2.24) is 5.32 Å². The minimum Gasteiger partial charge on any atom is -0.459 e. The zero-order valence-corrected chi connectivity index (χ0v) is 17.9. The summed E-state index contributed by atoms with van der Waals surface area (Å²) in [5.74, 6) is 1.05. The van der Waals surface area contributed by atoms with E-state index in [1.807, 2.05) is 26.0 Å². The summed E-state index contributed by atoms with van der Waals surface area (Å²) < 4.78 is 19.8. The molecule has 3 nitrogen and oxygen atoms in total. The number of benzene rings is 2. The number of nitrogens with one attached hydrogen (secondary N) is 1. The highest BCUT2D eigenvalue weighted by Crippen LogP contribution is 2.40. The predicted molar refractivity (Wildman–Crippen MR) is 115 cm³/mol. The lowest BCUT2D eigenvalue weighted by atomic mass is 9.84. The van der Waals surface area contributed by atoms with Gasteiger partial charge in [0.1, 0.15) is 22.9 Å². The standard InChI is InChI=1S/C24H26FNO2S/c1-15(2)21(27)9-11-24(3)23-20(10-12-26-24)19-8-7-18(14-22(19)28-23)29-17-6-4-5-16(25)13-17/h4-8,13-15,26H,9-12H2,1-3H3. The van der Waals surface area contributed by atoms with Crippen molar-refractivity contribution in [3.8, 4) is 0 Å². The summed E-state index contributed by atoms with van der Waals surface area (Å²) in [6.07, 6.45) is 2.17. The average Bonchev–Trinajstić information content (AvgIpc) is 3.06. The van der Waals surface area contributed by atoms with Crippen LogP contribution in [0.3, 0.4) is 0 Å². The number of rotatable bonds is 6. The highest BCUT2D eigenvalue weighted by Gasteiger charge is 2.37. The third kappa shape index (κ3) is 4.12. The average molecular weight is 412 g/mol. The van der Waals surface area contributed by atoms with Crippen molar-refractivity contribution in [2.24, 2.45) is 5.92 Å². The maximum absolute atomic E-state index is 13.5. The van der Waals surface area contributed by atoms with E-state index >= 15 is 0 Å². The second-order valence-electron chi connectivity index (χ2n) is 8.26. The Kier molecular flexibility index (Phi) is 5.54. The summed E-state index contributed by atoms with van der Waals surface area (Å²) in [6.45, 7) is 6.89. The van der Waals surface area contributed by atoms with Crippen LogP contribution in [0.2, 0.25) is 0 Å². The first-order valence-electron chi connectivity index (χ1n) is 10.1. The number of ketones is 1. The van der Waals surface area contributed by atoms with Crippen LogP contribution in [0.25, 0.3) is 11.0 Å². The van der Waals surface area contributed by atoms with E-state index < -0.39 is 0 Å². The Morgan fingerprint density at radius 1 is 1.24 bits per heavy atom. The number of carbonyl (C=O) groups is 1. The van der Waals surface area contributed by atoms with E-state index in [9.17, 15) is 9.18 Å². The molecule has 152 valence electrons. The van der Waals surface area contributed by atoms with Crippen LogP contribution in [-0.2, 0) is 16.8 Å². The maximum atomic E-state index is 13.5. The minimum atomic E-state index is -0.340. The first-order chi connectivity index (χ1) is 13.9. The fraction of sp³-hybridized carbons (Fsp3) is 0.375. The van der Waals surface area contributed by atoms with E-state index in [0.717, 1.165) is 45.9 Å². The number of hydrogen-bond acceptors (Lipinski definition) is 4. The van der Waals surface area contributed by atoms with Gasteiger partial charge in [-0.2, -0.15) is 0 Å². The zero-order chi connectivity index (χ0) is 20.6. The monoisotopic (exact) mass is 411 g/mol. The van der Waals surface area contributed by atoms with Crippen LogP contribution in [0.15, 0.2) is 56.7 Å². The molecule has 0 aliphatic carbocycles. The maximum Gasteiger partial charge on any atom is 0.135 e. The Balaban J connectivity index is 1.64. The molecule has 0 saturated carbocycles. The summed E-state index contributed by atoms with van der Waals surface area (Å²) >= 11 is 1.52. The molecule has 0 saturated heterocycles. The zero-order valence-electron chi connectivity index (χ0n) is 17.0. The molecule has 1 aliphatic rings. The minimum absolute atomic E-state index is 0.0553. The van der Waals surface area contributed by atoms with Crippen LogP contribution in [0.1, 0.15) is 44.9 Å². The Bertz CT molecular complexity index is 1060. The van der Waals surface area contributed by atoms with E-state index in [2.05, 4.69) is 24.4 Å². The molecule has 0 amide bonds. The first-order valence-corrected chi connectivity index (χ1v) is 10.9. The molecule has 4 rings (SSSR count). The lowest BCUT2D eigenvalue weighted by Crippen LogP contribution is -2.44. The van der Waals surface area contributed by atoms with E-state index in [1.165, 1.54) is 29.5 Å². The Labute approximate surface area is 175 Å². The predicted octanol–water partition coefficient (Wildman–Crippen LogP) is 6.09. The van der Waals surface area contributed by atoms with E-state index in [4.69, 9.17) is 4.42 Å². The van der Waals surface area contributed by atoms with E-state index in [-0.39, 0.29) is 23.1 Å². The van der Waals surface area contributed by atoms with Crippen molar-refractivity contribution in [2.45, 2.75) is 55.4 Å². The number of halogens is 1. The molecule has 0 radical (unpaired) electrons. The van der Waals surface area contributed by atoms with Gasteiger partial charge < -0.3 is 9.73 Å². The third-order valence-corrected chi connectivity index (χ3v) is 6.68. The molecule has 2 aromatic carbocycles. The van der Waals surface area contributed by atoms with Crippen LogP contribution in [-0.4, -0.2) is 12.3 Å². The van der Waals surface area contributed by atoms with Crippen LogP contribution in [0, 0.1) is 11.7 Å². The van der Waals surface area contributed by atoms with Crippen molar-refractivity contribution < 1.29 is 13.6 Å². The molecular weight excluding hydrogens is 385 g/mol. The number of fused-ring (bicyclic) bond motifs is 3.